The number of hydrazine groups is 1. The van der Waals surface area contributed by atoms with Gasteiger partial charge in [0.1, 0.15) is 5.82 Å². The van der Waals surface area contributed by atoms with Crippen LogP contribution in [-0.4, -0.2) is 41.1 Å². The molecule has 1 aromatic heterocycles. The van der Waals surface area contributed by atoms with Gasteiger partial charge in [0.15, 0.2) is 0 Å². The van der Waals surface area contributed by atoms with Crippen LogP contribution < -0.4 is 45.3 Å². The molecule has 11 nitrogen and oxygen atoms in total. The van der Waals surface area contributed by atoms with Crippen molar-refractivity contribution in [1.29, 1.82) is 0 Å². The fourth-order valence-electron chi connectivity index (χ4n) is 3.57. The average Bonchev–Trinajstić information content (AvgIpc) is 2.73. The molecule has 0 saturated carbocycles. The Labute approximate surface area is 201 Å². The van der Waals surface area contributed by atoms with Gasteiger partial charge in [0.2, 0.25) is 17.8 Å². The van der Waals surface area contributed by atoms with E-state index in [4.69, 9.17) is 4.98 Å². The first-order valence-corrected chi connectivity index (χ1v) is 9.81. The number of nitrogens with one attached hydrogen (secondary N) is 2. The first kappa shape index (κ1) is 31.7. The second-order valence-electron chi connectivity index (χ2n) is 7.11. The Kier molecular flexibility index (Phi) is 15.2. The van der Waals surface area contributed by atoms with Crippen molar-refractivity contribution in [3.63, 3.8) is 0 Å². The monoisotopic (exact) mass is 483 g/mol. The predicted molar refractivity (Wildman–Crippen MR) is 141 cm³/mol. The zero-order chi connectivity index (χ0) is 18.5. The Hall–Kier alpha value is -2.51. The number of nitrogens with zero attached hydrogens (tertiary/aromatic N) is 5. The molecule has 2 fully saturated rings. The minimum absolute atomic E-state index is 0. The van der Waals surface area contributed by atoms with Crippen LogP contribution in [0.4, 0.5) is 27.9 Å². The summed E-state index contributed by atoms with van der Waals surface area (Å²) in [7, 11) is 0. The molecule has 32 heavy (non-hydrogen) atoms. The van der Waals surface area contributed by atoms with E-state index < -0.39 is 0 Å². The summed E-state index contributed by atoms with van der Waals surface area (Å²) >= 11 is 0. The topological polar surface area (TPSA) is 209 Å². The lowest BCUT2D eigenvalue weighted by Gasteiger charge is -2.30. The van der Waals surface area contributed by atoms with Crippen LogP contribution in [-0.2, 0) is 0 Å². The molecule has 0 amide bonds. The Bertz CT molecular complexity index is 753. The van der Waals surface area contributed by atoms with Gasteiger partial charge in [-0.3, -0.25) is 10.9 Å². The van der Waals surface area contributed by atoms with Crippen molar-refractivity contribution in [1.82, 2.24) is 39.6 Å². The average molecular weight is 484 g/mol. The van der Waals surface area contributed by atoms with E-state index in [-0.39, 0.29) is 48.5 Å². The van der Waals surface area contributed by atoms with Crippen LogP contribution in [0.3, 0.4) is 0 Å². The highest BCUT2D eigenvalue weighted by atomic mass is 35.5. The number of hydrogen-bond donors (Lipinski definition) is 6. The Morgan fingerprint density at radius 2 is 1.22 bits per heavy atom. The number of piperidine rings is 2. The van der Waals surface area contributed by atoms with E-state index >= 15 is 0 Å². The molecule has 2 aromatic rings. The van der Waals surface area contributed by atoms with E-state index in [1.54, 1.807) is 12.1 Å². The predicted octanol–water partition coefficient (Wildman–Crippen LogP) is 5.48. The van der Waals surface area contributed by atoms with Gasteiger partial charge < -0.3 is 34.4 Å². The van der Waals surface area contributed by atoms with Crippen molar-refractivity contribution >= 4 is 35.9 Å². The molecule has 13 heteroatoms. The van der Waals surface area contributed by atoms with Gasteiger partial charge in [-0.15, -0.1) is 12.4 Å². The van der Waals surface area contributed by atoms with E-state index in [9.17, 15) is 4.39 Å². The summed E-state index contributed by atoms with van der Waals surface area (Å²) in [6.45, 7) is 3.89. The zero-order valence-electron chi connectivity index (χ0n) is 18.7. The van der Waals surface area contributed by atoms with E-state index in [1.807, 2.05) is 0 Å². The molecule has 14 N–H and O–H groups in total. The van der Waals surface area contributed by atoms with Crippen molar-refractivity contribution in [3.05, 3.63) is 30.1 Å². The lowest BCUT2D eigenvalue weighted by molar-refractivity contribution is 0.556. The third kappa shape index (κ3) is 8.20. The SMILES string of the molecule is Cl.Fc1cccc(NNc2nc(N3CCCCC3)nc(N3CCCCC3)n2)c1.N.N.N.N.[HH].[HH].[HH].[HH]. The zero-order valence-corrected chi connectivity index (χ0v) is 19.5. The smallest absolute Gasteiger partial charge is 0.248 e. The quantitative estimate of drug-likeness (QED) is 0.293. The molecule has 192 valence electrons. The molecule has 2 aliphatic rings. The molecule has 0 bridgehead atoms. The van der Waals surface area contributed by atoms with Gasteiger partial charge in [-0.1, -0.05) is 6.07 Å². The summed E-state index contributed by atoms with van der Waals surface area (Å²) in [5, 5.41) is 0. The van der Waals surface area contributed by atoms with Crippen molar-refractivity contribution in [3.8, 4) is 0 Å². The maximum atomic E-state index is 13.4. The minimum Gasteiger partial charge on any atom is -0.344 e. The van der Waals surface area contributed by atoms with Crippen LogP contribution in [0, 0.1) is 5.82 Å². The lowest BCUT2D eigenvalue weighted by Crippen LogP contribution is -2.34. The maximum Gasteiger partial charge on any atom is 0.248 e. The molecule has 4 rings (SSSR count). The van der Waals surface area contributed by atoms with Gasteiger partial charge in [-0.25, -0.2) is 4.39 Å². The molecule has 2 saturated heterocycles. The molecule has 1 aromatic carbocycles. The van der Waals surface area contributed by atoms with E-state index in [0.29, 0.717) is 23.5 Å². The Balaban J connectivity index is -0.000000250. The highest BCUT2D eigenvalue weighted by Crippen LogP contribution is 2.22. The third-order valence-corrected chi connectivity index (χ3v) is 5.03. The molecule has 0 radical (unpaired) electrons. The standard InChI is InChI=1S/C19H26FN7.ClH.4H3N.4H2/c20-15-8-7-9-16(14-15)24-25-17-21-18(26-10-3-1-4-11-26)23-19(22-17)27-12-5-2-6-13-27;;;;;;;;;/h7-9,14,24H,1-6,10-13H2,(H,21,22,23,25);1H;4*1H3;4*1H. The maximum absolute atomic E-state index is 13.4. The van der Waals surface area contributed by atoms with Gasteiger partial charge in [-0.2, -0.15) is 15.0 Å². The van der Waals surface area contributed by atoms with Gasteiger partial charge >= 0.3 is 0 Å². The fraction of sp³-hybridized carbons (Fsp3) is 0.526. The number of hydrogen-bond acceptors (Lipinski definition) is 11. The summed E-state index contributed by atoms with van der Waals surface area (Å²) in [4.78, 5) is 18.4. The van der Waals surface area contributed by atoms with E-state index in [0.717, 1.165) is 51.9 Å². The van der Waals surface area contributed by atoms with Crippen LogP contribution >= 0.6 is 12.4 Å². The number of rotatable bonds is 5. The molecular weight excluding hydrogens is 437 g/mol. The largest absolute Gasteiger partial charge is 0.344 e. The summed E-state index contributed by atoms with van der Waals surface area (Å²) in [5.74, 6) is 1.60. The molecule has 0 spiro atoms. The molecule has 0 unspecified atom stereocenters. The van der Waals surface area contributed by atoms with Gasteiger partial charge in [-0.05, 0) is 56.7 Å². The second kappa shape index (κ2) is 15.3. The summed E-state index contributed by atoms with van der Waals surface area (Å²) < 4.78 is 13.4. The molecular formula is C19H47ClFN11. The van der Waals surface area contributed by atoms with Crippen molar-refractivity contribution in [2.45, 2.75) is 38.5 Å². The van der Waals surface area contributed by atoms with Crippen LogP contribution in [0.25, 0.3) is 0 Å². The fourth-order valence-corrected chi connectivity index (χ4v) is 3.57. The lowest BCUT2D eigenvalue weighted by atomic mass is 10.1. The highest BCUT2D eigenvalue weighted by molar-refractivity contribution is 5.85. The molecule has 0 aliphatic carbocycles. The summed E-state index contributed by atoms with van der Waals surface area (Å²) in [6.07, 6.45) is 7.16. The van der Waals surface area contributed by atoms with Crippen molar-refractivity contribution in [2.75, 3.05) is 46.8 Å². The molecule has 0 atom stereocenters. The number of anilines is 4. The summed E-state index contributed by atoms with van der Waals surface area (Å²) in [6, 6.07) is 6.28. The third-order valence-electron chi connectivity index (χ3n) is 5.03. The normalized spacial score (nSPS) is 14.9. The Morgan fingerprint density at radius 1 is 0.719 bits per heavy atom. The minimum atomic E-state index is -0.291. The van der Waals surface area contributed by atoms with Gasteiger partial charge in [0.25, 0.3) is 0 Å². The van der Waals surface area contributed by atoms with Crippen molar-refractivity contribution < 1.29 is 10.1 Å². The second-order valence-corrected chi connectivity index (χ2v) is 7.11. The summed E-state index contributed by atoms with van der Waals surface area (Å²) in [5.41, 5.74) is 6.62. The van der Waals surface area contributed by atoms with Crippen LogP contribution in [0.15, 0.2) is 24.3 Å². The van der Waals surface area contributed by atoms with E-state index in [2.05, 4.69) is 30.6 Å². The van der Waals surface area contributed by atoms with E-state index in [1.165, 1.54) is 25.0 Å². The molecule has 2 aliphatic heterocycles. The van der Waals surface area contributed by atoms with Crippen LogP contribution in [0.1, 0.15) is 44.2 Å². The van der Waals surface area contributed by atoms with Gasteiger partial charge in [0, 0.05) is 31.9 Å². The number of halogens is 2. The van der Waals surface area contributed by atoms with Gasteiger partial charge in [0.05, 0.1) is 5.69 Å². The van der Waals surface area contributed by atoms with Crippen molar-refractivity contribution in [2.24, 2.45) is 0 Å². The Morgan fingerprint density at radius 3 is 1.69 bits per heavy atom. The first-order chi connectivity index (χ1) is 13.3. The number of benzene rings is 1. The van der Waals surface area contributed by atoms with Crippen LogP contribution in [0.5, 0.6) is 0 Å². The highest BCUT2D eigenvalue weighted by Gasteiger charge is 2.20. The molecule has 3 heterocycles. The number of aromatic nitrogens is 3. The van der Waals surface area contributed by atoms with Crippen LogP contribution in [0.2, 0.25) is 0 Å². The first-order valence-electron chi connectivity index (χ1n) is 9.81.